The van der Waals surface area contributed by atoms with Crippen molar-refractivity contribution in [3.63, 3.8) is 0 Å². The summed E-state index contributed by atoms with van der Waals surface area (Å²) in [4.78, 5) is 17.7. The first-order chi connectivity index (χ1) is 13.9. The highest BCUT2D eigenvalue weighted by atomic mass is 16.5. The number of para-hydroxylation sites is 1. The molecule has 0 N–H and O–H groups in total. The quantitative estimate of drug-likeness (QED) is 0.799. The molecule has 156 valence electrons. The molecule has 2 aromatic rings. The van der Waals surface area contributed by atoms with E-state index in [2.05, 4.69) is 65.7 Å². The van der Waals surface area contributed by atoms with Crippen molar-refractivity contribution in [2.24, 2.45) is 18.4 Å². The summed E-state index contributed by atoms with van der Waals surface area (Å²) in [6.45, 7) is 8.86. The van der Waals surface area contributed by atoms with Gasteiger partial charge in [0.15, 0.2) is 0 Å². The number of morpholine rings is 1. The summed E-state index contributed by atoms with van der Waals surface area (Å²) in [6.07, 6.45) is 5.99. The van der Waals surface area contributed by atoms with Crippen LogP contribution in [0.25, 0.3) is 10.9 Å². The van der Waals surface area contributed by atoms with Crippen molar-refractivity contribution in [2.45, 2.75) is 51.9 Å². The molecule has 1 saturated carbocycles. The second kappa shape index (κ2) is 7.13. The number of amides is 1. The van der Waals surface area contributed by atoms with Crippen LogP contribution in [0.15, 0.2) is 30.5 Å². The van der Waals surface area contributed by atoms with E-state index in [0.717, 1.165) is 52.0 Å². The number of hydrogen-bond acceptors (Lipinski definition) is 3. The van der Waals surface area contributed by atoms with Crippen molar-refractivity contribution < 1.29 is 9.53 Å². The molecule has 3 fully saturated rings. The van der Waals surface area contributed by atoms with Gasteiger partial charge in [0.25, 0.3) is 0 Å². The van der Waals surface area contributed by atoms with Gasteiger partial charge in [-0.25, -0.2) is 0 Å². The third-order valence-corrected chi connectivity index (χ3v) is 7.44. The molecule has 3 aliphatic rings. The Bertz CT molecular complexity index is 902. The Morgan fingerprint density at radius 1 is 1.14 bits per heavy atom. The fraction of sp³-hybridized carbons (Fsp3) is 0.625. The largest absolute Gasteiger partial charge is 0.372 e. The van der Waals surface area contributed by atoms with Crippen LogP contribution >= 0.6 is 0 Å². The zero-order valence-corrected chi connectivity index (χ0v) is 17.9. The third kappa shape index (κ3) is 3.49. The van der Waals surface area contributed by atoms with E-state index >= 15 is 0 Å². The van der Waals surface area contributed by atoms with Crippen LogP contribution in [0.5, 0.6) is 0 Å². The number of fused-ring (bicyclic) bond motifs is 1. The molecule has 1 aliphatic carbocycles. The van der Waals surface area contributed by atoms with Crippen molar-refractivity contribution in [2.75, 3.05) is 26.2 Å². The molecule has 5 rings (SSSR count). The van der Waals surface area contributed by atoms with E-state index in [9.17, 15) is 4.79 Å². The summed E-state index contributed by atoms with van der Waals surface area (Å²) in [6, 6.07) is 8.66. The van der Waals surface area contributed by atoms with E-state index in [0.29, 0.717) is 5.91 Å². The van der Waals surface area contributed by atoms with E-state index in [1.54, 1.807) is 0 Å². The fourth-order valence-electron chi connectivity index (χ4n) is 5.78. The maximum Gasteiger partial charge on any atom is 0.226 e. The summed E-state index contributed by atoms with van der Waals surface area (Å²) >= 11 is 0. The lowest BCUT2D eigenvalue weighted by Crippen LogP contribution is -2.49. The minimum atomic E-state index is 0.153. The molecule has 0 bridgehead atoms. The molecule has 0 radical (unpaired) electrons. The summed E-state index contributed by atoms with van der Waals surface area (Å²) in [7, 11) is 2.13. The molecule has 5 nitrogen and oxygen atoms in total. The number of hydrogen-bond donors (Lipinski definition) is 0. The smallest absolute Gasteiger partial charge is 0.226 e. The Labute approximate surface area is 173 Å². The summed E-state index contributed by atoms with van der Waals surface area (Å²) in [5.74, 6) is 0.634. The Hall–Kier alpha value is -1.85. The van der Waals surface area contributed by atoms with Gasteiger partial charge in [-0.15, -0.1) is 0 Å². The van der Waals surface area contributed by atoms with Gasteiger partial charge < -0.3 is 14.2 Å². The molecule has 1 amide bonds. The van der Waals surface area contributed by atoms with Crippen LogP contribution in [-0.2, 0) is 23.1 Å². The number of piperidine rings is 1. The lowest BCUT2D eigenvalue weighted by molar-refractivity contribution is -0.145. The van der Waals surface area contributed by atoms with E-state index < -0.39 is 0 Å². The standard InChI is InChI=1S/C24H33N3O2/c1-17-13-27(14-18(2)29-17)23(28)21-12-24(21)8-10-26(11-9-24)16-19-15-25(3)22-7-5-4-6-20(19)22/h4-7,15,17-18,21H,8-14,16H2,1-3H3/t17-,18+,21?. The Balaban J connectivity index is 1.19. The topological polar surface area (TPSA) is 37.7 Å². The monoisotopic (exact) mass is 395 g/mol. The Kier molecular flexibility index (Phi) is 4.71. The van der Waals surface area contributed by atoms with E-state index in [1.165, 1.54) is 16.5 Å². The lowest BCUT2D eigenvalue weighted by Gasteiger charge is -2.37. The van der Waals surface area contributed by atoms with Crippen LogP contribution in [0.2, 0.25) is 0 Å². The zero-order valence-electron chi connectivity index (χ0n) is 17.9. The average molecular weight is 396 g/mol. The molecule has 3 atom stereocenters. The van der Waals surface area contributed by atoms with Crippen LogP contribution in [-0.4, -0.2) is 58.7 Å². The van der Waals surface area contributed by atoms with Crippen molar-refractivity contribution >= 4 is 16.8 Å². The SMILES string of the molecule is C[C@@H]1CN(C(=O)C2CC23CCN(Cc2cn(C)c4ccccc24)CC3)C[C@H](C)O1. The lowest BCUT2D eigenvalue weighted by atomic mass is 9.90. The Morgan fingerprint density at radius 3 is 2.55 bits per heavy atom. The molecule has 2 saturated heterocycles. The number of carbonyl (C=O) groups excluding carboxylic acids is 1. The van der Waals surface area contributed by atoms with E-state index in [4.69, 9.17) is 4.74 Å². The van der Waals surface area contributed by atoms with Gasteiger partial charge in [-0.3, -0.25) is 9.69 Å². The summed E-state index contributed by atoms with van der Waals surface area (Å²) < 4.78 is 8.04. The summed E-state index contributed by atoms with van der Waals surface area (Å²) in [5.41, 5.74) is 2.99. The van der Waals surface area contributed by atoms with Crippen molar-refractivity contribution in [3.05, 3.63) is 36.0 Å². The van der Waals surface area contributed by atoms with Gasteiger partial charge in [-0.1, -0.05) is 18.2 Å². The van der Waals surface area contributed by atoms with E-state index in [1.807, 2.05) is 0 Å². The van der Waals surface area contributed by atoms with Gasteiger partial charge in [0.1, 0.15) is 0 Å². The predicted octanol–water partition coefficient (Wildman–Crippen LogP) is 3.42. The first kappa shape index (κ1) is 19.1. The first-order valence-corrected chi connectivity index (χ1v) is 11.1. The van der Waals surface area contributed by atoms with Crippen LogP contribution in [0.3, 0.4) is 0 Å². The maximum atomic E-state index is 13.1. The van der Waals surface area contributed by atoms with Gasteiger partial charge >= 0.3 is 0 Å². The van der Waals surface area contributed by atoms with Crippen molar-refractivity contribution in [1.29, 1.82) is 0 Å². The number of ether oxygens (including phenoxy) is 1. The van der Waals surface area contributed by atoms with Crippen LogP contribution in [0.4, 0.5) is 0 Å². The summed E-state index contributed by atoms with van der Waals surface area (Å²) in [5, 5.41) is 1.37. The fourth-order valence-corrected chi connectivity index (χ4v) is 5.78. The predicted molar refractivity (Wildman–Crippen MR) is 115 cm³/mol. The number of carbonyl (C=O) groups is 1. The molecule has 1 aromatic heterocycles. The number of rotatable bonds is 3. The highest BCUT2D eigenvalue weighted by Gasteiger charge is 2.59. The number of benzene rings is 1. The molecule has 1 aromatic carbocycles. The second-order valence-electron chi connectivity index (χ2n) is 9.68. The number of aromatic nitrogens is 1. The van der Waals surface area contributed by atoms with Gasteiger partial charge in [0.05, 0.1) is 12.2 Å². The minimum Gasteiger partial charge on any atom is -0.372 e. The zero-order chi connectivity index (χ0) is 20.2. The van der Waals surface area contributed by atoms with Gasteiger partial charge in [0, 0.05) is 49.7 Å². The maximum absolute atomic E-state index is 13.1. The molecule has 5 heteroatoms. The average Bonchev–Trinajstić information content (AvgIpc) is 3.31. The molecule has 2 aliphatic heterocycles. The highest BCUT2D eigenvalue weighted by molar-refractivity contribution is 5.84. The van der Waals surface area contributed by atoms with Crippen molar-refractivity contribution in [1.82, 2.24) is 14.4 Å². The van der Waals surface area contributed by atoms with Crippen molar-refractivity contribution in [3.8, 4) is 0 Å². The first-order valence-electron chi connectivity index (χ1n) is 11.1. The molecule has 3 heterocycles. The molecular formula is C24H33N3O2. The highest BCUT2D eigenvalue weighted by Crippen LogP contribution is 2.60. The molecule has 29 heavy (non-hydrogen) atoms. The van der Waals surface area contributed by atoms with Crippen LogP contribution < -0.4 is 0 Å². The van der Waals surface area contributed by atoms with E-state index in [-0.39, 0.29) is 23.5 Å². The van der Waals surface area contributed by atoms with Gasteiger partial charge in [-0.2, -0.15) is 0 Å². The van der Waals surface area contributed by atoms with Crippen LogP contribution in [0.1, 0.15) is 38.7 Å². The number of aryl methyl sites for hydroxylation is 1. The van der Waals surface area contributed by atoms with Crippen LogP contribution in [0, 0.1) is 11.3 Å². The normalized spacial score (nSPS) is 29.5. The van der Waals surface area contributed by atoms with Gasteiger partial charge in [0.2, 0.25) is 5.91 Å². The second-order valence-corrected chi connectivity index (χ2v) is 9.68. The molecule has 1 spiro atoms. The molecule has 1 unspecified atom stereocenters. The molecular weight excluding hydrogens is 362 g/mol. The van der Waals surface area contributed by atoms with Gasteiger partial charge in [-0.05, 0) is 63.2 Å². The minimum absolute atomic E-state index is 0.153. The third-order valence-electron chi connectivity index (χ3n) is 7.44. The Morgan fingerprint density at radius 2 is 1.83 bits per heavy atom. The number of nitrogens with zero attached hydrogens (tertiary/aromatic N) is 3. The number of likely N-dealkylation sites (tertiary alicyclic amines) is 1.